The third-order valence-electron chi connectivity index (χ3n) is 3.02. The van der Waals surface area contributed by atoms with E-state index in [0.29, 0.717) is 5.56 Å². The molecule has 0 spiro atoms. The van der Waals surface area contributed by atoms with Crippen molar-refractivity contribution in [3.05, 3.63) is 58.9 Å². The Kier molecular flexibility index (Phi) is 3.88. The second kappa shape index (κ2) is 5.45. The standard InChI is InChI=1S/C15H14F3NO/c1-8-3-4-14(20)11(5-8)9(2)19-10-6-12(16)15(18)13(17)7-10/h3-7,9,19-20H,1-2H3. The number of aromatic hydroxyl groups is 1. The Morgan fingerprint density at radius 3 is 2.25 bits per heavy atom. The molecule has 0 aliphatic heterocycles. The second-order valence-electron chi connectivity index (χ2n) is 4.68. The first-order valence-corrected chi connectivity index (χ1v) is 6.09. The zero-order valence-electron chi connectivity index (χ0n) is 11.0. The van der Waals surface area contributed by atoms with Crippen molar-refractivity contribution < 1.29 is 18.3 Å². The smallest absolute Gasteiger partial charge is 0.194 e. The molecule has 2 aromatic carbocycles. The first-order valence-electron chi connectivity index (χ1n) is 6.09. The number of benzene rings is 2. The summed E-state index contributed by atoms with van der Waals surface area (Å²) >= 11 is 0. The zero-order valence-corrected chi connectivity index (χ0v) is 11.0. The van der Waals surface area contributed by atoms with E-state index in [9.17, 15) is 18.3 Å². The molecule has 0 amide bonds. The van der Waals surface area contributed by atoms with Crippen LogP contribution in [0.15, 0.2) is 30.3 Å². The molecule has 2 rings (SSSR count). The molecule has 0 saturated carbocycles. The third-order valence-corrected chi connectivity index (χ3v) is 3.02. The van der Waals surface area contributed by atoms with Gasteiger partial charge in [-0.25, -0.2) is 13.2 Å². The van der Waals surface area contributed by atoms with Crippen LogP contribution in [-0.4, -0.2) is 5.11 Å². The van der Waals surface area contributed by atoms with Gasteiger partial charge in [0.1, 0.15) is 5.75 Å². The maximum absolute atomic E-state index is 13.1. The summed E-state index contributed by atoms with van der Waals surface area (Å²) in [5.74, 6) is -3.93. The van der Waals surface area contributed by atoms with Gasteiger partial charge in [0.15, 0.2) is 17.5 Å². The number of nitrogens with one attached hydrogen (secondary N) is 1. The monoisotopic (exact) mass is 281 g/mol. The Balaban J connectivity index is 2.27. The van der Waals surface area contributed by atoms with Crippen LogP contribution in [0.25, 0.3) is 0 Å². The predicted octanol–water partition coefficient (Wildman–Crippen LogP) is 4.29. The predicted molar refractivity (Wildman–Crippen MR) is 71.2 cm³/mol. The fourth-order valence-corrected chi connectivity index (χ4v) is 1.99. The normalized spacial score (nSPS) is 12.2. The number of halogens is 3. The van der Waals surface area contributed by atoms with Gasteiger partial charge >= 0.3 is 0 Å². The summed E-state index contributed by atoms with van der Waals surface area (Å²) in [6, 6.07) is 6.43. The topological polar surface area (TPSA) is 32.3 Å². The molecular formula is C15H14F3NO. The molecule has 0 aliphatic carbocycles. The lowest BCUT2D eigenvalue weighted by Crippen LogP contribution is -2.08. The van der Waals surface area contributed by atoms with Gasteiger partial charge in [-0.05, 0) is 19.9 Å². The van der Waals surface area contributed by atoms with E-state index in [1.54, 1.807) is 25.1 Å². The number of anilines is 1. The highest BCUT2D eigenvalue weighted by Crippen LogP contribution is 2.28. The Labute approximate surface area is 114 Å². The van der Waals surface area contributed by atoms with Crippen molar-refractivity contribution in [2.45, 2.75) is 19.9 Å². The van der Waals surface area contributed by atoms with E-state index >= 15 is 0 Å². The van der Waals surface area contributed by atoms with Crippen LogP contribution in [0, 0.1) is 24.4 Å². The van der Waals surface area contributed by atoms with E-state index < -0.39 is 17.5 Å². The molecule has 5 heteroatoms. The fourth-order valence-electron chi connectivity index (χ4n) is 1.99. The molecule has 0 aromatic heterocycles. The van der Waals surface area contributed by atoms with Crippen molar-refractivity contribution >= 4 is 5.69 Å². The quantitative estimate of drug-likeness (QED) is 0.822. The second-order valence-corrected chi connectivity index (χ2v) is 4.68. The van der Waals surface area contributed by atoms with Gasteiger partial charge in [-0.15, -0.1) is 0 Å². The van der Waals surface area contributed by atoms with Crippen LogP contribution >= 0.6 is 0 Å². The SMILES string of the molecule is Cc1ccc(O)c(C(C)Nc2cc(F)c(F)c(F)c2)c1. The minimum Gasteiger partial charge on any atom is -0.508 e. The summed E-state index contributed by atoms with van der Waals surface area (Å²) in [6.45, 7) is 3.60. The summed E-state index contributed by atoms with van der Waals surface area (Å²) in [7, 11) is 0. The molecule has 1 unspecified atom stereocenters. The summed E-state index contributed by atoms with van der Waals surface area (Å²) < 4.78 is 39.1. The molecule has 20 heavy (non-hydrogen) atoms. The molecule has 2 nitrogen and oxygen atoms in total. The van der Waals surface area contributed by atoms with Gasteiger partial charge in [-0.1, -0.05) is 17.7 Å². The first-order chi connectivity index (χ1) is 9.38. The average Bonchev–Trinajstić information content (AvgIpc) is 2.38. The van der Waals surface area contributed by atoms with Gasteiger partial charge in [0, 0.05) is 23.4 Å². The summed E-state index contributed by atoms with van der Waals surface area (Å²) in [4.78, 5) is 0. The van der Waals surface area contributed by atoms with E-state index in [2.05, 4.69) is 5.32 Å². The molecule has 0 aliphatic rings. The van der Waals surface area contributed by atoms with Crippen molar-refractivity contribution in [1.82, 2.24) is 0 Å². The molecule has 106 valence electrons. The Morgan fingerprint density at radius 2 is 1.65 bits per heavy atom. The van der Waals surface area contributed by atoms with Crippen LogP contribution < -0.4 is 5.32 Å². The van der Waals surface area contributed by atoms with Crippen molar-refractivity contribution in [2.24, 2.45) is 0 Å². The lowest BCUT2D eigenvalue weighted by atomic mass is 10.0. The molecule has 2 aromatic rings. The van der Waals surface area contributed by atoms with Crippen molar-refractivity contribution in [1.29, 1.82) is 0 Å². The number of phenols is 1. The van der Waals surface area contributed by atoms with E-state index in [-0.39, 0.29) is 17.5 Å². The van der Waals surface area contributed by atoms with E-state index in [4.69, 9.17) is 0 Å². The van der Waals surface area contributed by atoms with Gasteiger partial charge in [0.05, 0.1) is 6.04 Å². The molecule has 0 radical (unpaired) electrons. The first kappa shape index (κ1) is 14.2. The molecule has 0 bridgehead atoms. The summed E-state index contributed by atoms with van der Waals surface area (Å²) in [6.07, 6.45) is 0. The lowest BCUT2D eigenvalue weighted by Gasteiger charge is -2.17. The van der Waals surface area contributed by atoms with Gasteiger partial charge in [0.25, 0.3) is 0 Å². The molecule has 2 N–H and O–H groups in total. The van der Waals surface area contributed by atoms with Crippen LogP contribution in [-0.2, 0) is 0 Å². The van der Waals surface area contributed by atoms with Crippen LogP contribution in [0.2, 0.25) is 0 Å². The summed E-state index contributed by atoms with van der Waals surface area (Å²) in [5.41, 5.74) is 1.65. The molecule has 0 saturated heterocycles. The largest absolute Gasteiger partial charge is 0.508 e. The van der Waals surface area contributed by atoms with Gasteiger partial charge < -0.3 is 10.4 Å². The number of hydrogen-bond acceptors (Lipinski definition) is 2. The summed E-state index contributed by atoms with van der Waals surface area (Å²) in [5, 5.41) is 12.6. The number of rotatable bonds is 3. The van der Waals surface area contributed by atoms with Crippen LogP contribution in [0.4, 0.5) is 18.9 Å². The van der Waals surface area contributed by atoms with Gasteiger partial charge in [-0.3, -0.25) is 0 Å². The van der Waals surface area contributed by atoms with E-state index in [1.807, 2.05) is 6.92 Å². The maximum atomic E-state index is 13.1. The highest BCUT2D eigenvalue weighted by Gasteiger charge is 2.14. The maximum Gasteiger partial charge on any atom is 0.194 e. The Hall–Kier alpha value is -2.17. The fraction of sp³-hybridized carbons (Fsp3) is 0.200. The van der Waals surface area contributed by atoms with E-state index in [0.717, 1.165) is 17.7 Å². The Bertz CT molecular complexity index is 620. The zero-order chi connectivity index (χ0) is 14.9. The van der Waals surface area contributed by atoms with E-state index in [1.165, 1.54) is 0 Å². The minimum atomic E-state index is -1.50. The molecule has 1 atom stereocenters. The van der Waals surface area contributed by atoms with Crippen LogP contribution in [0.5, 0.6) is 5.75 Å². The number of aryl methyl sites for hydroxylation is 1. The highest BCUT2D eigenvalue weighted by molar-refractivity contribution is 5.48. The highest BCUT2D eigenvalue weighted by atomic mass is 19.2. The Morgan fingerprint density at radius 1 is 1.05 bits per heavy atom. The minimum absolute atomic E-state index is 0.0821. The lowest BCUT2D eigenvalue weighted by molar-refractivity contribution is 0.447. The number of phenolic OH excluding ortho intramolecular Hbond substituents is 1. The molecule has 0 heterocycles. The van der Waals surface area contributed by atoms with Crippen molar-refractivity contribution in [3.63, 3.8) is 0 Å². The van der Waals surface area contributed by atoms with Crippen LogP contribution in [0.3, 0.4) is 0 Å². The van der Waals surface area contributed by atoms with Crippen LogP contribution in [0.1, 0.15) is 24.1 Å². The van der Waals surface area contributed by atoms with Crippen molar-refractivity contribution in [3.8, 4) is 5.75 Å². The third kappa shape index (κ3) is 2.87. The number of hydrogen-bond donors (Lipinski definition) is 2. The van der Waals surface area contributed by atoms with Gasteiger partial charge in [-0.2, -0.15) is 0 Å². The molecular weight excluding hydrogens is 267 g/mol. The molecule has 0 fully saturated rings. The average molecular weight is 281 g/mol. The van der Waals surface area contributed by atoms with Gasteiger partial charge in [0.2, 0.25) is 0 Å². The van der Waals surface area contributed by atoms with Crippen molar-refractivity contribution in [2.75, 3.05) is 5.32 Å².